The zero-order valence-corrected chi connectivity index (χ0v) is 14.4. The number of carbonyl (C=O) groups excluding carboxylic acids is 1. The van der Waals surface area contributed by atoms with Gasteiger partial charge in [-0.25, -0.2) is 4.98 Å². The molecule has 5 rings (SSSR count). The number of aromatic nitrogens is 4. The fourth-order valence-corrected chi connectivity index (χ4v) is 3.49. The molecule has 8 nitrogen and oxygen atoms in total. The monoisotopic (exact) mass is 353 g/mol. The Labute approximate surface area is 149 Å². The van der Waals surface area contributed by atoms with E-state index in [2.05, 4.69) is 20.1 Å². The van der Waals surface area contributed by atoms with Crippen LogP contribution >= 0.6 is 0 Å². The van der Waals surface area contributed by atoms with Crippen LogP contribution in [0.15, 0.2) is 29.0 Å². The van der Waals surface area contributed by atoms with E-state index >= 15 is 0 Å². The number of hydrogen-bond acceptors (Lipinski definition) is 6. The van der Waals surface area contributed by atoms with Crippen LogP contribution in [-0.4, -0.2) is 50.2 Å². The Morgan fingerprint density at radius 3 is 3.08 bits per heavy atom. The lowest BCUT2D eigenvalue weighted by Crippen LogP contribution is -2.47. The summed E-state index contributed by atoms with van der Waals surface area (Å²) in [6.07, 6.45) is 3.61. The first-order valence-corrected chi connectivity index (χ1v) is 8.90. The van der Waals surface area contributed by atoms with Crippen molar-refractivity contribution in [2.45, 2.75) is 37.8 Å². The number of benzene rings is 1. The number of imidazole rings is 1. The van der Waals surface area contributed by atoms with Gasteiger partial charge in [-0.1, -0.05) is 5.16 Å². The van der Waals surface area contributed by atoms with E-state index in [1.54, 1.807) is 17.3 Å². The Morgan fingerprint density at radius 2 is 2.23 bits per heavy atom. The van der Waals surface area contributed by atoms with Crippen molar-refractivity contribution in [1.82, 2.24) is 25.0 Å². The van der Waals surface area contributed by atoms with E-state index in [0.29, 0.717) is 30.5 Å². The number of H-pyrrole nitrogens is 1. The zero-order chi connectivity index (χ0) is 17.7. The molecule has 1 saturated carbocycles. The van der Waals surface area contributed by atoms with Gasteiger partial charge in [0, 0.05) is 18.0 Å². The molecule has 26 heavy (non-hydrogen) atoms. The number of amides is 1. The standard InChI is InChI=1S/C18H19N5O3/c1-10-15(17-21-16(22-26-17)11-2-3-11)23(6-7-25-10)18(24)12-4-5-13-14(8-12)20-9-19-13/h4-5,8-11,15H,2-3,6-7H2,1H3,(H,19,20)/t10-,15+/m1/s1. The molecule has 134 valence electrons. The van der Waals surface area contributed by atoms with Crippen LogP contribution in [0.3, 0.4) is 0 Å². The molecule has 1 aliphatic carbocycles. The second-order valence-electron chi connectivity index (χ2n) is 6.92. The van der Waals surface area contributed by atoms with E-state index in [-0.39, 0.29) is 18.1 Å². The summed E-state index contributed by atoms with van der Waals surface area (Å²) in [6, 6.07) is 5.08. The summed E-state index contributed by atoms with van der Waals surface area (Å²) in [7, 11) is 0. The molecule has 2 atom stereocenters. The summed E-state index contributed by atoms with van der Waals surface area (Å²) in [4.78, 5) is 26.8. The van der Waals surface area contributed by atoms with Gasteiger partial charge in [-0.15, -0.1) is 0 Å². The van der Waals surface area contributed by atoms with E-state index in [4.69, 9.17) is 9.26 Å². The van der Waals surface area contributed by atoms with E-state index in [9.17, 15) is 4.79 Å². The number of aromatic amines is 1. The number of ether oxygens (including phenoxy) is 1. The molecule has 8 heteroatoms. The van der Waals surface area contributed by atoms with Gasteiger partial charge in [-0.3, -0.25) is 4.79 Å². The smallest absolute Gasteiger partial charge is 0.254 e. The Hall–Kier alpha value is -2.74. The third-order valence-electron chi connectivity index (χ3n) is 5.07. The molecular formula is C18H19N5O3. The van der Waals surface area contributed by atoms with Gasteiger partial charge in [0.2, 0.25) is 0 Å². The first kappa shape index (κ1) is 15.5. The van der Waals surface area contributed by atoms with Crippen molar-refractivity contribution in [2.24, 2.45) is 0 Å². The summed E-state index contributed by atoms with van der Waals surface area (Å²) in [5.74, 6) is 1.52. The van der Waals surface area contributed by atoms with Crippen LogP contribution in [0, 0.1) is 0 Å². The van der Waals surface area contributed by atoms with E-state index in [1.807, 2.05) is 19.1 Å². The lowest BCUT2D eigenvalue weighted by molar-refractivity contribution is -0.0600. The largest absolute Gasteiger partial charge is 0.374 e. The Bertz CT molecular complexity index is 961. The number of nitrogens with zero attached hydrogens (tertiary/aromatic N) is 4. The van der Waals surface area contributed by atoms with Gasteiger partial charge in [-0.2, -0.15) is 4.98 Å². The molecule has 3 aromatic rings. The van der Waals surface area contributed by atoms with E-state index in [0.717, 1.165) is 29.7 Å². The molecule has 0 bridgehead atoms. The van der Waals surface area contributed by atoms with Crippen molar-refractivity contribution < 1.29 is 14.1 Å². The third kappa shape index (κ3) is 2.57. The molecule has 1 aromatic carbocycles. The lowest BCUT2D eigenvalue weighted by atomic mass is 10.1. The van der Waals surface area contributed by atoms with Crippen molar-refractivity contribution >= 4 is 16.9 Å². The van der Waals surface area contributed by atoms with Gasteiger partial charge >= 0.3 is 0 Å². The van der Waals surface area contributed by atoms with Gasteiger partial charge in [0.05, 0.1) is 30.1 Å². The minimum Gasteiger partial charge on any atom is -0.374 e. The number of carbonyl (C=O) groups is 1. The van der Waals surface area contributed by atoms with Gasteiger partial charge in [0.15, 0.2) is 5.82 Å². The van der Waals surface area contributed by atoms with E-state index in [1.165, 1.54) is 0 Å². The highest BCUT2D eigenvalue weighted by molar-refractivity contribution is 5.97. The maximum absolute atomic E-state index is 13.2. The number of rotatable bonds is 3. The van der Waals surface area contributed by atoms with Crippen molar-refractivity contribution in [3.05, 3.63) is 41.8 Å². The molecule has 2 aliphatic rings. The molecule has 1 saturated heterocycles. The van der Waals surface area contributed by atoms with Crippen molar-refractivity contribution in [2.75, 3.05) is 13.2 Å². The van der Waals surface area contributed by atoms with Gasteiger partial charge in [0.1, 0.15) is 6.04 Å². The summed E-state index contributed by atoms with van der Waals surface area (Å²) in [5.41, 5.74) is 2.27. The van der Waals surface area contributed by atoms with Crippen molar-refractivity contribution in [1.29, 1.82) is 0 Å². The molecule has 0 spiro atoms. The molecule has 0 radical (unpaired) electrons. The van der Waals surface area contributed by atoms with Crippen LogP contribution in [0.1, 0.15) is 53.8 Å². The fraction of sp³-hybridized carbons (Fsp3) is 0.444. The minimum atomic E-state index is -0.381. The Morgan fingerprint density at radius 1 is 1.35 bits per heavy atom. The maximum atomic E-state index is 13.2. The zero-order valence-electron chi connectivity index (χ0n) is 14.4. The van der Waals surface area contributed by atoms with Crippen LogP contribution in [-0.2, 0) is 4.74 Å². The molecule has 1 aliphatic heterocycles. The molecule has 2 fully saturated rings. The third-order valence-corrected chi connectivity index (χ3v) is 5.07. The van der Waals surface area contributed by atoms with Gasteiger partial charge < -0.3 is 19.1 Å². The average molecular weight is 353 g/mol. The fourth-order valence-electron chi connectivity index (χ4n) is 3.49. The SMILES string of the molecule is C[C@H]1OCCN(C(=O)c2ccc3nc[nH]c3c2)[C@@H]1c1nc(C2CC2)no1. The Balaban J connectivity index is 1.48. The molecule has 2 aromatic heterocycles. The van der Waals surface area contributed by atoms with Crippen LogP contribution in [0.25, 0.3) is 11.0 Å². The maximum Gasteiger partial charge on any atom is 0.254 e. The molecule has 3 heterocycles. The summed E-state index contributed by atoms with van der Waals surface area (Å²) < 4.78 is 11.3. The molecule has 1 N–H and O–H groups in total. The predicted octanol–water partition coefficient (Wildman–Crippen LogP) is 2.43. The first-order chi connectivity index (χ1) is 12.7. The lowest BCUT2D eigenvalue weighted by Gasteiger charge is -2.37. The number of fused-ring (bicyclic) bond motifs is 1. The highest BCUT2D eigenvalue weighted by Gasteiger charge is 2.39. The van der Waals surface area contributed by atoms with Gasteiger partial charge in [-0.05, 0) is 38.0 Å². The minimum absolute atomic E-state index is 0.0761. The Kier molecular flexibility index (Phi) is 3.53. The number of nitrogens with one attached hydrogen (secondary N) is 1. The quantitative estimate of drug-likeness (QED) is 0.777. The van der Waals surface area contributed by atoms with Crippen molar-refractivity contribution in [3.8, 4) is 0 Å². The molecule has 0 unspecified atom stereocenters. The topological polar surface area (TPSA) is 97.1 Å². The summed E-state index contributed by atoms with van der Waals surface area (Å²) in [6.45, 7) is 2.90. The predicted molar refractivity (Wildman–Crippen MR) is 91.6 cm³/mol. The highest BCUT2D eigenvalue weighted by atomic mass is 16.5. The van der Waals surface area contributed by atoms with Crippen LogP contribution < -0.4 is 0 Å². The molecular weight excluding hydrogens is 334 g/mol. The second kappa shape index (κ2) is 5.91. The summed E-state index contributed by atoms with van der Waals surface area (Å²) >= 11 is 0. The van der Waals surface area contributed by atoms with Crippen LogP contribution in [0.2, 0.25) is 0 Å². The summed E-state index contributed by atoms with van der Waals surface area (Å²) in [5, 5.41) is 4.10. The van der Waals surface area contributed by atoms with Crippen LogP contribution in [0.5, 0.6) is 0 Å². The average Bonchev–Trinajstić information content (AvgIpc) is 3.20. The first-order valence-electron chi connectivity index (χ1n) is 8.90. The van der Waals surface area contributed by atoms with E-state index < -0.39 is 0 Å². The highest BCUT2D eigenvalue weighted by Crippen LogP contribution is 2.39. The number of morpholine rings is 1. The molecule has 1 amide bonds. The van der Waals surface area contributed by atoms with Crippen molar-refractivity contribution in [3.63, 3.8) is 0 Å². The van der Waals surface area contributed by atoms with Gasteiger partial charge in [0.25, 0.3) is 11.8 Å². The normalized spacial score (nSPS) is 23.5. The number of hydrogen-bond donors (Lipinski definition) is 1. The second-order valence-corrected chi connectivity index (χ2v) is 6.92. The van der Waals surface area contributed by atoms with Crippen LogP contribution in [0.4, 0.5) is 0 Å².